The van der Waals surface area contributed by atoms with Crippen molar-refractivity contribution in [1.29, 1.82) is 0 Å². The van der Waals surface area contributed by atoms with Gasteiger partial charge in [0.15, 0.2) is 0 Å². The van der Waals surface area contributed by atoms with E-state index >= 15 is 0 Å². The van der Waals surface area contributed by atoms with Gasteiger partial charge in [-0.15, -0.1) is 11.8 Å². The lowest BCUT2D eigenvalue weighted by Crippen LogP contribution is -2.11. The van der Waals surface area contributed by atoms with Crippen molar-refractivity contribution in [3.63, 3.8) is 0 Å². The smallest absolute Gasteiger partial charge is 0.105 e. The lowest BCUT2D eigenvalue weighted by atomic mass is 10.1. The molecule has 1 nitrogen and oxygen atoms in total. The molecule has 2 unspecified atom stereocenters. The molecule has 2 heteroatoms. The van der Waals surface area contributed by atoms with Gasteiger partial charge in [-0.2, -0.15) is 0 Å². The Hall–Kier alpha value is 0.310. The molecular formula is C7H14OS. The molecule has 0 aromatic rings. The maximum atomic E-state index is 5.47. The average Bonchev–Trinajstić information content (AvgIpc) is 2.37. The van der Waals surface area contributed by atoms with E-state index in [9.17, 15) is 0 Å². The molecule has 0 bridgehead atoms. The van der Waals surface area contributed by atoms with Crippen molar-refractivity contribution >= 4 is 11.8 Å². The SMILES string of the molecule is CCC(C)C1OCCS1. The van der Waals surface area contributed by atoms with E-state index in [4.69, 9.17) is 4.74 Å². The zero-order chi connectivity index (χ0) is 6.69. The van der Waals surface area contributed by atoms with Gasteiger partial charge in [0.25, 0.3) is 0 Å². The van der Waals surface area contributed by atoms with Crippen LogP contribution in [0.3, 0.4) is 0 Å². The van der Waals surface area contributed by atoms with E-state index < -0.39 is 0 Å². The van der Waals surface area contributed by atoms with Crippen molar-refractivity contribution in [3.8, 4) is 0 Å². The highest BCUT2D eigenvalue weighted by Crippen LogP contribution is 2.27. The summed E-state index contributed by atoms with van der Waals surface area (Å²) in [6.07, 6.45) is 1.23. The van der Waals surface area contributed by atoms with Crippen LogP contribution in [0.25, 0.3) is 0 Å². The van der Waals surface area contributed by atoms with Gasteiger partial charge in [-0.05, 0) is 5.92 Å². The minimum absolute atomic E-state index is 0.495. The first-order chi connectivity index (χ1) is 4.34. The normalized spacial score (nSPS) is 30.7. The fourth-order valence-corrected chi connectivity index (χ4v) is 2.04. The number of hydrogen-bond acceptors (Lipinski definition) is 2. The van der Waals surface area contributed by atoms with E-state index in [-0.39, 0.29) is 0 Å². The lowest BCUT2D eigenvalue weighted by molar-refractivity contribution is 0.105. The summed E-state index contributed by atoms with van der Waals surface area (Å²) in [7, 11) is 0. The molecule has 1 saturated heterocycles. The highest BCUT2D eigenvalue weighted by Gasteiger charge is 2.20. The standard InChI is InChI=1S/C7H14OS/c1-3-6(2)7-8-4-5-9-7/h6-7H,3-5H2,1-2H3. The molecule has 0 spiro atoms. The number of ether oxygens (including phenoxy) is 1. The Morgan fingerprint density at radius 1 is 1.78 bits per heavy atom. The Morgan fingerprint density at radius 3 is 3.00 bits per heavy atom. The second-order valence-corrected chi connectivity index (χ2v) is 3.70. The Labute approximate surface area is 61.2 Å². The van der Waals surface area contributed by atoms with Gasteiger partial charge in [0.05, 0.1) is 6.61 Å². The Kier molecular flexibility index (Phi) is 2.86. The fraction of sp³-hybridized carbons (Fsp3) is 1.00. The third kappa shape index (κ3) is 1.87. The van der Waals surface area contributed by atoms with E-state index in [0.717, 1.165) is 12.5 Å². The minimum atomic E-state index is 0.495. The summed E-state index contributed by atoms with van der Waals surface area (Å²) in [5, 5.41) is 0. The Morgan fingerprint density at radius 2 is 2.56 bits per heavy atom. The van der Waals surface area contributed by atoms with Crippen LogP contribution in [0.1, 0.15) is 20.3 Å². The van der Waals surface area contributed by atoms with Gasteiger partial charge in [0.1, 0.15) is 5.44 Å². The molecule has 1 fully saturated rings. The molecule has 0 aliphatic carbocycles. The molecule has 0 N–H and O–H groups in total. The predicted molar refractivity (Wildman–Crippen MR) is 41.7 cm³/mol. The lowest BCUT2D eigenvalue weighted by Gasteiger charge is -2.14. The van der Waals surface area contributed by atoms with E-state index in [1.807, 2.05) is 11.8 Å². The number of hydrogen-bond donors (Lipinski definition) is 0. The van der Waals surface area contributed by atoms with E-state index in [2.05, 4.69) is 13.8 Å². The summed E-state index contributed by atoms with van der Waals surface area (Å²) < 4.78 is 5.47. The highest BCUT2D eigenvalue weighted by atomic mass is 32.2. The van der Waals surface area contributed by atoms with E-state index in [1.165, 1.54) is 12.2 Å². The molecule has 1 aliphatic heterocycles. The van der Waals surface area contributed by atoms with Crippen LogP contribution in [0.15, 0.2) is 0 Å². The fourth-order valence-electron chi connectivity index (χ4n) is 0.898. The maximum Gasteiger partial charge on any atom is 0.105 e. The van der Waals surface area contributed by atoms with Crippen LogP contribution in [-0.4, -0.2) is 17.8 Å². The molecule has 0 aromatic heterocycles. The van der Waals surface area contributed by atoms with Crippen molar-refractivity contribution in [3.05, 3.63) is 0 Å². The number of thioether (sulfide) groups is 1. The summed E-state index contributed by atoms with van der Waals surface area (Å²) in [5.41, 5.74) is 0.495. The van der Waals surface area contributed by atoms with Crippen molar-refractivity contribution in [1.82, 2.24) is 0 Å². The second kappa shape index (κ2) is 3.47. The molecule has 1 rings (SSSR count). The summed E-state index contributed by atoms with van der Waals surface area (Å²) in [6.45, 7) is 5.43. The molecular weight excluding hydrogens is 132 g/mol. The van der Waals surface area contributed by atoms with Crippen molar-refractivity contribution in [2.24, 2.45) is 5.92 Å². The highest BCUT2D eigenvalue weighted by molar-refractivity contribution is 8.00. The zero-order valence-electron chi connectivity index (χ0n) is 6.09. The summed E-state index contributed by atoms with van der Waals surface area (Å²) in [5.74, 6) is 1.92. The van der Waals surface area contributed by atoms with Crippen LogP contribution in [0.4, 0.5) is 0 Å². The molecule has 0 radical (unpaired) electrons. The van der Waals surface area contributed by atoms with Crippen LogP contribution in [-0.2, 0) is 4.74 Å². The monoisotopic (exact) mass is 146 g/mol. The van der Waals surface area contributed by atoms with E-state index in [0.29, 0.717) is 5.44 Å². The maximum absolute atomic E-state index is 5.47. The van der Waals surface area contributed by atoms with Crippen molar-refractivity contribution in [2.75, 3.05) is 12.4 Å². The third-order valence-corrected chi connectivity index (χ3v) is 3.09. The third-order valence-electron chi connectivity index (χ3n) is 1.76. The van der Waals surface area contributed by atoms with Gasteiger partial charge in [0.2, 0.25) is 0 Å². The molecule has 0 saturated carbocycles. The number of rotatable bonds is 2. The van der Waals surface area contributed by atoms with Crippen LogP contribution in [0.5, 0.6) is 0 Å². The zero-order valence-corrected chi connectivity index (χ0v) is 6.91. The molecule has 9 heavy (non-hydrogen) atoms. The first-order valence-corrected chi connectivity index (χ1v) is 4.62. The van der Waals surface area contributed by atoms with Crippen LogP contribution >= 0.6 is 11.8 Å². The van der Waals surface area contributed by atoms with Crippen LogP contribution in [0.2, 0.25) is 0 Å². The molecule has 0 amide bonds. The molecule has 1 aliphatic rings. The summed E-state index contributed by atoms with van der Waals surface area (Å²) >= 11 is 1.95. The van der Waals surface area contributed by atoms with Gasteiger partial charge in [-0.3, -0.25) is 0 Å². The summed E-state index contributed by atoms with van der Waals surface area (Å²) in [4.78, 5) is 0. The van der Waals surface area contributed by atoms with Crippen LogP contribution < -0.4 is 0 Å². The summed E-state index contributed by atoms with van der Waals surface area (Å²) in [6, 6.07) is 0. The molecule has 54 valence electrons. The molecule has 2 atom stereocenters. The minimum Gasteiger partial charge on any atom is -0.366 e. The van der Waals surface area contributed by atoms with Crippen molar-refractivity contribution < 1.29 is 4.74 Å². The quantitative estimate of drug-likeness (QED) is 0.590. The van der Waals surface area contributed by atoms with E-state index in [1.54, 1.807) is 0 Å². The molecule has 0 aromatic carbocycles. The Bertz CT molecular complexity index is 79.0. The van der Waals surface area contributed by atoms with Crippen molar-refractivity contribution in [2.45, 2.75) is 25.7 Å². The first kappa shape index (κ1) is 7.42. The van der Waals surface area contributed by atoms with Gasteiger partial charge < -0.3 is 4.74 Å². The van der Waals surface area contributed by atoms with Crippen LogP contribution in [0, 0.1) is 5.92 Å². The second-order valence-electron chi connectivity index (χ2n) is 2.50. The predicted octanol–water partition coefficient (Wildman–Crippen LogP) is 2.12. The largest absolute Gasteiger partial charge is 0.366 e. The van der Waals surface area contributed by atoms with Gasteiger partial charge in [-0.1, -0.05) is 20.3 Å². The van der Waals surface area contributed by atoms with Gasteiger partial charge in [0, 0.05) is 5.75 Å². The Balaban J connectivity index is 2.24. The molecule has 1 heterocycles. The first-order valence-electron chi connectivity index (χ1n) is 3.57. The average molecular weight is 146 g/mol. The topological polar surface area (TPSA) is 9.23 Å². The van der Waals surface area contributed by atoms with Gasteiger partial charge in [-0.25, -0.2) is 0 Å². The van der Waals surface area contributed by atoms with Gasteiger partial charge >= 0.3 is 0 Å².